The van der Waals surface area contributed by atoms with Gasteiger partial charge in [0.05, 0.1) is 12.7 Å². The molecule has 1 spiro atoms. The molecule has 1 aliphatic carbocycles. The van der Waals surface area contributed by atoms with E-state index in [9.17, 15) is 21.4 Å². The molecule has 0 radical (unpaired) electrons. The van der Waals surface area contributed by atoms with E-state index in [0.29, 0.717) is 23.1 Å². The number of aromatic carboxylic acids is 1. The Morgan fingerprint density at radius 2 is 2.17 bits per heavy atom. The first-order valence-corrected chi connectivity index (χ1v) is 11.5. The largest absolute Gasteiger partial charge is 0.496 e. The molecule has 1 atom stereocenters. The molecule has 2 heterocycles. The van der Waals surface area contributed by atoms with Crippen LogP contribution in [0.25, 0.3) is 10.9 Å². The third-order valence-corrected chi connectivity index (χ3v) is 7.43. The van der Waals surface area contributed by atoms with E-state index in [4.69, 9.17) is 8.85 Å². The normalized spacial score (nSPS) is 24.0. The molecule has 1 saturated heterocycles. The fourth-order valence-electron chi connectivity index (χ4n) is 5.80. The lowest BCUT2D eigenvalue weighted by Crippen LogP contribution is -2.53. The first-order chi connectivity index (χ1) is 18.6. The molecule has 6 nitrogen and oxygen atoms in total. The van der Waals surface area contributed by atoms with Crippen LogP contribution in [0.3, 0.4) is 0 Å². The second-order valence-electron chi connectivity index (χ2n) is 9.75. The summed E-state index contributed by atoms with van der Waals surface area (Å²) in [5.41, 5.74) is 1.29. The number of piperidine rings is 1. The second-order valence-corrected chi connectivity index (χ2v) is 9.75. The molecule has 186 valence electrons. The summed E-state index contributed by atoms with van der Waals surface area (Å²) in [6.45, 7) is -2.87. The van der Waals surface area contributed by atoms with Crippen molar-refractivity contribution < 1.29 is 30.3 Å². The standard InChI is InChI=1S/C27H31F2N3O3/c1-16-10-23(35-3)20(18-6-8-31-24(16)18)13-32-9-7-26(14-27(28,29)15-26)12-22(32)19-5-4-17(25(33)34)11-21(19)30-2/h4-6,8,10-11,22,30-31H,7,9,12-15H2,1-3H3,(H,33,34)/i2D3,13D2. The maximum Gasteiger partial charge on any atom is 0.335 e. The number of carboxylic acid groups (broad SMARTS) is 1. The van der Waals surface area contributed by atoms with Gasteiger partial charge in [0.25, 0.3) is 0 Å². The summed E-state index contributed by atoms with van der Waals surface area (Å²) in [4.78, 5) is 16.4. The third-order valence-electron chi connectivity index (χ3n) is 7.43. The van der Waals surface area contributed by atoms with Crippen molar-refractivity contribution in [3.05, 3.63) is 58.8 Å². The van der Waals surface area contributed by atoms with E-state index in [1.54, 1.807) is 23.2 Å². The predicted octanol–water partition coefficient (Wildman–Crippen LogP) is 5.98. The molecule has 8 heteroatoms. The highest BCUT2D eigenvalue weighted by Crippen LogP contribution is 2.61. The molecule has 0 amide bonds. The van der Waals surface area contributed by atoms with E-state index in [-0.39, 0.29) is 42.6 Å². The second kappa shape index (κ2) is 8.52. The van der Waals surface area contributed by atoms with Crippen LogP contribution >= 0.6 is 0 Å². The van der Waals surface area contributed by atoms with E-state index >= 15 is 0 Å². The Morgan fingerprint density at radius 3 is 2.86 bits per heavy atom. The van der Waals surface area contributed by atoms with Gasteiger partial charge in [-0.3, -0.25) is 4.90 Å². The van der Waals surface area contributed by atoms with Crippen LogP contribution in [0.15, 0.2) is 36.5 Å². The van der Waals surface area contributed by atoms with Crippen LogP contribution in [0, 0.1) is 12.3 Å². The summed E-state index contributed by atoms with van der Waals surface area (Å²) in [6.07, 6.45) is 1.52. The zero-order valence-electron chi connectivity index (χ0n) is 24.5. The highest BCUT2D eigenvalue weighted by atomic mass is 19.3. The van der Waals surface area contributed by atoms with Crippen molar-refractivity contribution in [3.63, 3.8) is 0 Å². The number of alkyl halides is 2. The van der Waals surface area contributed by atoms with Crippen LogP contribution < -0.4 is 10.1 Å². The van der Waals surface area contributed by atoms with Gasteiger partial charge in [-0.05, 0) is 67.1 Å². The van der Waals surface area contributed by atoms with Crippen molar-refractivity contribution in [1.82, 2.24) is 9.88 Å². The molecule has 35 heavy (non-hydrogen) atoms. The van der Waals surface area contributed by atoms with Gasteiger partial charge in [-0.2, -0.15) is 0 Å². The average molecular weight is 489 g/mol. The number of aromatic nitrogens is 1. The summed E-state index contributed by atoms with van der Waals surface area (Å²) in [7, 11) is 1.45. The third kappa shape index (κ3) is 4.14. The number of nitrogens with zero attached hydrogens (tertiary/aromatic N) is 1. The summed E-state index contributed by atoms with van der Waals surface area (Å²) in [5.74, 6) is -3.74. The molecule has 1 saturated carbocycles. The molecular weight excluding hydrogens is 452 g/mol. The van der Waals surface area contributed by atoms with Crippen molar-refractivity contribution in [1.29, 1.82) is 0 Å². The number of H-pyrrole nitrogens is 1. The molecule has 3 N–H and O–H groups in total. The Hall–Kier alpha value is -3.13. The number of rotatable bonds is 6. The lowest BCUT2D eigenvalue weighted by atomic mass is 9.59. The van der Waals surface area contributed by atoms with Gasteiger partial charge >= 0.3 is 5.97 Å². The molecule has 2 aromatic carbocycles. The van der Waals surface area contributed by atoms with Gasteiger partial charge < -0.3 is 20.1 Å². The number of benzene rings is 2. The number of hydrogen-bond donors (Lipinski definition) is 3. The minimum Gasteiger partial charge on any atom is -0.496 e. The smallest absolute Gasteiger partial charge is 0.335 e. The Kier molecular flexibility index (Phi) is 4.42. The Morgan fingerprint density at radius 1 is 1.37 bits per heavy atom. The van der Waals surface area contributed by atoms with Crippen LogP contribution in [0.1, 0.15) is 65.6 Å². The number of carbonyl (C=O) groups is 1. The maximum absolute atomic E-state index is 14.2. The van der Waals surface area contributed by atoms with Crippen molar-refractivity contribution >= 4 is 22.6 Å². The fraction of sp³-hybridized carbons (Fsp3) is 0.444. The van der Waals surface area contributed by atoms with Crippen molar-refractivity contribution in [2.24, 2.45) is 5.41 Å². The van der Waals surface area contributed by atoms with Crippen LogP contribution in [0.4, 0.5) is 14.5 Å². The van der Waals surface area contributed by atoms with E-state index in [2.05, 4.69) is 10.3 Å². The molecule has 2 aliphatic rings. The van der Waals surface area contributed by atoms with Crippen LogP contribution in [0.2, 0.25) is 0 Å². The van der Waals surface area contributed by atoms with E-state index in [1.165, 1.54) is 25.3 Å². The number of aryl methyl sites for hydroxylation is 1. The highest BCUT2D eigenvalue weighted by Gasteiger charge is 2.58. The molecule has 0 bridgehead atoms. The SMILES string of the molecule is [2H]C([2H])([2H])Nc1cc(C(=O)O)ccc1C1CC2(CCN1C([2H])([2H])c1c(OC)cc(C)c3[nH]ccc13)CC(F)(F)C2. The Labute approximate surface area is 210 Å². The zero-order valence-corrected chi connectivity index (χ0v) is 19.5. The molecule has 5 rings (SSSR count). The summed E-state index contributed by atoms with van der Waals surface area (Å²) < 4.78 is 76.1. The Balaban J connectivity index is 1.67. The quantitative estimate of drug-likeness (QED) is 0.398. The zero-order chi connectivity index (χ0) is 29.3. The maximum atomic E-state index is 14.2. The van der Waals surface area contributed by atoms with E-state index in [0.717, 1.165) is 11.1 Å². The summed E-state index contributed by atoms with van der Waals surface area (Å²) >= 11 is 0. The Bertz CT molecular complexity index is 1470. The number of anilines is 1. The average Bonchev–Trinajstić information content (AvgIpc) is 3.31. The van der Waals surface area contributed by atoms with Crippen molar-refractivity contribution in [2.75, 3.05) is 25.9 Å². The van der Waals surface area contributed by atoms with Crippen LogP contribution in [0.5, 0.6) is 5.75 Å². The number of methoxy groups -OCH3 is 1. The number of likely N-dealkylation sites (tertiary alicyclic amines) is 1. The fourth-order valence-corrected chi connectivity index (χ4v) is 5.80. The van der Waals surface area contributed by atoms with E-state index in [1.807, 2.05) is 6.92 Å². The number of hydrogen-bond acceptors (Lipinski definition) is 4. The van der Waals surface area contributed by atoms with Crippen LogP contribution in [-0.4, -0.2) is 47.5 Å². The van der Waals surface area contributed by atoms with Gasteiger partial charge in [0.15, 0.2) is 0 Å². The van der Waals surface area contributed by atoms with Crippen LogP contribution in [-0.2, 0) is 6.50 Å². The monoisotopic (exact) mass is 488 g/mol. The molecule has 1 unspecified atom stereocenters. The van der Waals surface area contributed by atoms with Gasteiger partial charge in [0.1, 0.15) is 5.75 Å². The van der Waals surface area contributed by atoms with Crippen molar-refractivity contribution in [2.45, 2.75) is 51.1 Å². The first kappa shape index (κ1) is 18.2. The van der Waals surface area contributed by atoms with Gasteiger partial charge in [-0.15, -0.1) is 0 Å². The summed E-state index contributed by atoms with van der Waals surface area (Å²) in [5, 5.41) is 12.6. The number of aromatic amines is 1. The van der Waals surface area contributed by atoms with Gasteiger partial charge in [0, 0.05) is 67.6 Å². The predicted molar refractivity (Wildman–Crippen MR) is 132 cm³/mol. The molecule has 1 aromatic heterocycles. The minimum absolute atomic E-state index is 0.00324. The molecular formula is C27H31F2N3O3. The highest BCUT2D eigenvalue weighted by molar-refractivity contribution is 5.89. The number of ether oxygens (including phenoxy) is 1. The molecule has 1 aliphatic heterocycles. The number of halogens is 2. The number of carboxylic acids is 1. The lowest BCUT2D eigenvalue weighted by Gasteiger charge is -2.55. The lowest BCUT2D eigenvalue weighted by molar-refractivity contribution is -0.186. The van der Waals surface area contributed by atoms with Gasteiger partial charge in [-0.1, -0.05) is 6.07 Å². The number of fused-ring (bicyclic) bond motifs is 1. The topological polar surface area (TPSA) is 77.6 Å². The van der Waals surface area contributed by atoms with E-state index < -0.39 is 36.8 Å². The minimum atomic E-state index is -2.81. The van der Waals surface area contributed by atoms with Gasteiger partial charge in [0.2, 0.25) is 5.92 Å². The molecule has 2 fully saturated rings. The van der Waals surface area contributed by atoms with Gasteiger partial charge in [-0.25, -0.2) is 13.6 Å². The number of nitrogens with one attached hydrogen (secondary N) is 2. The summed E-state index contributed by atoms with van der Waals surface area (Å²) in [6, 6.07) is 6.64. The van der Waals surface area contributed by atoms with Crippen molar-refractivity contribution in [3.8, 4) is 5.75 Å². The first-order valence-electron chi connectivity index (χ1n) is 14.0. The molecule has 3 aromatic rings.